The van der Waals surface area contributed by atoms with Crippen LogP contribution in [0, 0.1) is 13.8 Å². The van der Waals surface area contributed by atoms with Gasteiger partial charge >= 0.3 is 5.97 Å². The van der Waals surface area contributed by atoms with Crippen molar-refractivity contribution in [2.45, 2.75) is 27.2 Å². The molecule has 0 amide bonds. The van der Waals surface area contributed by atoms with Gasteiger partial charge < -0.3 is 19.6 Å². The van der Waals surface area contributed by atoms with Crippen LogP contribution in [0.5, 0.6) is 11.5 Å². The van der Waals surface area contributed by atoms with Crippen LogP contribution in [0.1, 0.15) is 34.2 Å². The number of aryl methyl sites for hydroxylation is 2. The fraction of sp³-hybridized carbons (Fsp3) is 0.308. The van der Waals surface area contributed by atoms with Gasteiger partial charge in [0.25, 0.3) is 0 Å². The molecule has 2 aliphatic rings. The highest BCUT2D eigenvalue weighted by Crippen LogP contribution is 2.40. The average Bonchev–Trinajstić information content (AvgIpc) is 3.35. The van der Waals surface area contributed by atoms with E-state index in [0.717, 1.165) is 45.5 Å². The van der Waals surface area contributed by atoms with Crippen LogP contribution >= 0.6 is 0 Å². The molecule has 0 fully saturated rings. The Morgan fingerprint density at radius 1 is 1.14 bits per heavy atom. The minimum absolute atomic E-state index is 0.285. The van der Waals surface area contributed by atoms with Crippen LogP contribution in [0.3, 0.4) is 0 Å². The average molecular weight is 476 g/mol. The first-order valence-electron chi connectivity index (χ1n) is 11.6. The van der Waals surface area contributed by atoms with E-state index >= 15 is 0 Å². The summed E-state index contributed by atoms with van der Waals surface area (Å²) >= 11 is 0. The fourth-order valence-corrected chi connectivity index (χ4v) is 4.62. The number of ether oxygens (including phenoxy) is 3. The van der Waals surface area contributed by atoms with Crippen molar-refractivity contribution in [1.29, 1.82) is 0 Å². The molecule has 0 atom stereocenters. The Kier molecular flexibility index (Phi) is 5.86. The predicted molar refractivity (Wildman–Crippen MR) is 132 cm³/mol. The molecule has 3 aromatic rings. The normalized spacial score (nSPS) is 14.6. The number of carbonyl (C=O) groups is 1. The summed E-state index contributed by atoms with van der Waals surface area (Å²) in [5.41, 5.74) is 10.4. The van der Waals surface area contributed by atoms with E-state index in [2.05, 4.69) is 28.4 Å². The third-order valence-electron chi connectivity index (χ3n) is 6.24. The molecular formula is C26H29N5O4. The summed E-state index contributed by atoms with van der Waals surface area (Å²) in [5, 5.41) is 4.00. The molecule has 5 rings (SSSR count). The highest BCUT2D eigenvalue weighted by atomic mass is 16.5. The van der Waals surface area contributed by atoms with Crippen LogP contribution in [-0.2, 0) is 11.2 Å². The first-order valence-corrected chi connectivity index (χ1v) is 11.6. The van der Waals surface area contributed by atoms with E-state index in [4.69, 9.17) is 14.2 Å². The lowest BCUT2D eigenvalue weighted by atomic mass is 10.1. The van der Waals surface area contributed by atoms with Gasteiger partial charge in [0.1, 0.15) is 24.4 Å². The lowest BCUT2D eigenvalue weighted by molar-refractivity contribution is 0.0519. The molecule has 1 N–H and O–H groups in total. The van der Waals surface area contributed by atoms with Crippen LogP contribution in [-0.4, -0.2) is 48.0 Å². The molecular weight excluding hydrogens is 446 g/mol. The second kappa shape index (κ2) is 8.99. The summed E-state index contributed by atoms with van der Waals surface area (Å²) in [6, 6.07) is 12.0. The number of hydrogen-bond acceptors (Lipinski definition) is 8. The van der Waals surface area contributed by atoms with Gasteiger partial charge in [0.2, 0.25) is 0 Å². The molecule has 2 aliphatic heterocycles. The van der Waals surface area contributed by atoms with Gasteiger partial charge in [0, 0.05) is 19.5 Å². The van der Waals surface area contributed by atoms with Gasteiger partial charge in [-0.25, -0.2) is 9.78 Å². The van der Waals surface area contributed by atoms with Crippen molar-refractivity contribution in [3.05, 3.63) is 76.6 Å². The van der Waals surface area contributed by atoms with Gasteiger partial charge in [-0.1, -0.05) is 17.7 Å². The standard InChI is InChI=1S/C26H29N5O4/c1-6-34-26(32)25-23-13-21-19(14-35-24-10-7-16(2)11-17(24)3)28-29(4)31(21)22-12-18(33-5)8-9-20(22)30(23)15-27-25/h7-12,15,28H,6,13-14H2,1-5H3. The van der Waals surface area contributed by atoms with Crippen molar-refractivity contribution < 1.29 is 19.0 Å². The van der Waals surface area contributed by atoms with E-state index < -0.39 is 5.97 Å². The van der Waals surface area contributed by atoms with Gasteiger partial charge in [-0.3, -0.25) is 9.58 Å². The highest BCUT2D eigenvalue weighted by molar-refractivity contribution is 5.89. The second-order valence-corrected chi connectivity index (χ2v) is 8.59. The molecule has 9 nitrogen and oxygen atoms in total. The van der Waals surface area contributed by atoms with E-state index in [9.17, 15) is 4.79 Å². The van der Waals surface area contributed by atoms with Crippen LogP contribution in [0.4, 0.5) is 5.69 Å². The first kappa shape index (κ1) is 22.8. The molecule has 0 bridgehead atoms. The van der Waals surface area contributed by atoms with Crippen molar-refractivity contribution in [3.63, 3.8) is 0 Å². The monoisotopic (exact) mass is 475 g/mol. The smallest absolute Gasteiger partial charge is 0.358 e. The summed E-state index contributed by atoms with van der Waals surface area (Å²) in [7, 11) is 3.59. The fourth-order valence-electron chi connectivity index (χ4n) is 4.62. The topological polar surface area (TPSA) is 81.1 Å². The molecule has 0 radical (unpaired) electrons. The van der Waals surface area contributed by atoms with Crippen LogP contribution in [0.2, 0.25) is 0 Å². The number of aromatic nitrogens is 2. The summed E-state index contributed by atoms with van der Waals surface area (Å²) in [6.45, 7) is 6.51. The van der Waals surface area contributed by atoms with Gasteiger partial charge in [0.05, 0.1) is 42.2 Å². The molecule has 9 heteroatoms. The Bertz CT molecular complexity index is 1330. The van der Waals surface area contributed by atoms with Crippen molar-refractivity contribution in [2.24, 2.45) is 0 Å². The number of esters is 1. The van der Waals surface area contributed by atoms with Crippen molar-refractivity contribution in [1.82, 2.24) is 20.1 Å². The number of carbonyl (C=O) groups excluding carboxylic acids is 1. The van der Waals surface area contributed by atoms with Crippen molar-refractivity contribution in [3.8, 4) is 17.2 Å². The first-order chi connectivity index (χ1) is 16.9. The molecule has 0 unspecified atom stereocenters. The van der Waals surface area contributed by atoms with E-state index in [1.807, 2.05) is 54.0 Å². The van der Waals surface area contributed by atoms with E-state index in [0.29, 0.717) is 18.7 Å². The number of rotatable bonds is 6. The van der Waals surface area contributed by atoms with Crippen molar-refractivity contribution >= 4 is 11.7 Å². The van der Waals surface area contributed by atoms with E-state index in [-0.39, 0.29) is 6.61 Å². The molecule has 1 aromatic heterocycles. The summed E-state index contributed by atoms with van der Waals surface area (Å²) in [4.78, 5) is 17.1. The molecule has 2 aromatic carbocycles. The van der Waals surface area contributed by atoms with Gasteiger partial charge in [-0.2, -0.15) is 0 Å². The number of nitrogens with zero attached hydrogens (tertiary/aromatic N) is 4. The zero-order valence-electron chi connectivity index (χ0n) is 20.6. The second-order valence-electron chi connectivity index (χ2n) is 8.59. The Hall–Kier alpha value is -3.98. The van der Waals surface area contributed by atoms with E-state index in [1.54, 1.807) is 20.4 Å². The third-order valence-corrected chi connectivity index (χ3v) is 6.24. The SMILES string of the molecule is CCOC(=O)c1ncn2c1CC1=C(COc3ccc(C)cc3C)NN(C)N1c1cc(OC)ccc1-2. The lowest BCUT2D eigenvalue weighted by Gasteiger charge is -2.28. The molecule has 0 aliphatic carbocycles. The molecule has 0 saturated heterocycles. The molecule has 3 heterocycles. The third kappa shape index (κ3) is 3.97. The maximum Gasteiger partial charge on any atom is 0.358 e. The number of methoxy groups -OCH3 is 1. The quantitative estimate of drug-likeness (QED) is 0.541. The summed E-state index contributed by atoms with van der Waals surface area (Å²) in [5.74, 6) is 1.13. The summed E-state index contributed by atoms with van der Waals surface area (Å²) < 4.78 is 19.0. The largest absolute Gasteiger partial charge is 0.497 e. The maximum atomic E-state index is 12.7. The number of imidazole rings is 1. The van der Waals surface area contributed by atoms with Gasteiger partial charge in [0.15, 0.2) is 5.69 Å². The zero-order chi connectivity index (χ0) is 24.7. The Balaban J connectivity index is 1.61. The number of hydrazine groups is 2. The number of hydrogen-bond donors (Lipinski definition) is 1. The molecule has 0 spiro atoms. The number of allylic oxidation sites excluding steroid dienone is 1. The number of nitrogens with one attached hydrogen (secondary N) is 1. The molecule has 35 heavy (non-hydrogen) atoms. The van der Waals surface area contributed by atoms with Crippen LogP contribution < -0.4 is 19.9 Å². The molecule has 182 valence electrons. The highest BCUT2D eigenvalue weighted by Gasteiger charge is 2.36. The minimum atomic E-state index is -0.433. The summed E-state index contributed by atoms with van der Waals surface area (Å²) in [6.07, 6.45) is 2.13. The van der Waals surface area contributed by atoms with E-state index in [1.165, 1.54) is 5.56 Å². The van der Waals surface area contributed by atoms with Gasteiger partial charge in [-0.15, -0.1) is 5.12 Å². The Labute approximate surface area is 204 Å². The van der Waals surface area contributed by atoms with Crippen LogP contribution in [0.25, 0.3) is 5.69 Å². The minimum Gasteiger partial charge on any atom is -0.497 e. The molecule has 0 saturated carbocycles. The van der Waals surface area contributed by atoms with Crippen LogP contribution in [0.15, 0.2) is 54.1 Å². The Morgan fingerprint density at radius 2 is 1.97 bits per heavy atom. The number of fused-ring (bicyclic) bond motifs is 5. The predicted octanol–water partition coefficient (Wildman–Crippen LogP) is 3.69. The lowest BCUT2D eigenvalue weighted by Crippen LogP contribution is -2.40. The number of anilines is 1. The number of benzene rings is 2. The Morgan fingerprint density at radius 3 is 2.71 bits per heavy atom. The maximum absolute atomic E-state index is 12.7. The zero-order valence-corrected chi connectivity index (χ0v) is 20.6. The van der Waals surface area contributed by atoms with Gasteiger partial charge in [-0.05, 0) is 44.5 Å². The van der Waals surface area contributed by atoms with Crippen molar-refractivity contribution in [2.75, 3.05) is 32.4 Å².